The van der Waals surface area contributed by atoms with Gasteiger partial charge in [-0.05, 0) is 31.2 Å². The lowest BCUT2D eigenvalue weighted by Crippen LogP contribution is -2.52. The maximum atomic E-state index is 12.7. The van der Waals surface area contributed by atoms with Crippen molar-refractivity contribution in [3.63, 3.8) is 0 Å². The van der Waals surface area contributed by atoms with Gasteiger partial charge in [-0.25, -0.2) is 4.98 Å². The fraction of sp³-hybridized carbons (Fsp3) is 0.333. The zero-order chi connectivity index (χ0) is 20.2. The Morgan fingerprint density at radius 3 is 2.48 bits per heavy atom. The second-order valence-electron chi connectivity index (χ2n) is 6.93. The molecule has 2 aromatic heterocycles. The van der Waals surface area contributed by atoms with Crippen molar-refractivity contribution >= 4 is 11.7 Å². The molecule has 8 heteroatoms. The predicted molar refractivity (Wildman–Crippen MR) is 108 cm³/mol. The first-order valence-electron chi connectivity index (χ1n) is 9.62. The Balaban J connectivity index is 1.32. The fourth-order valence-electron chi connectivity index (χ4n) is 3.29. The van der Waals surface area contributed by atoms with Gasteiger partial charge in [0.05, 0.1) is 0 Å². The number of aryl methyl sites for hydroxylation is 1. The van der Waals surface area contributed by atoms with Gasteiger partial charge in [0, 0.05) is 44.9 Å². The molecule has 0 spiro atoms. The average molecular weight is 393 g/mol. The summed E-state index contributed by atoms with van der Waals surface area (Å²) in [5, 5.41) is 3.91. The van der Waals surface area contributed by atoms with Gasteiger partial charge in [-0.3, -0.25) is 4.79 Å². The Morgan fingerprint density at radius 1 is 1.10 bits per heavy atom. The lowest BCUT2D eigenvalue weighted by Gasteiger charge is -2.36. The van der Waals surface area contributed by atoms with Crippen LogP contribution >= 0.6 is 0 Å². The molecule has 0 bridgehead atoms. The van der Waals surface area contributed by atoms with E-state index in [1.807, 2.05) is 47.4 Å². The number of carbonyl (C=O) groups excluding carboxylic acids is 1. The number of para-hydroxylation sites is 1. The standard InChI is InChI=1S/C21H23N5O3/c1-15(28-18-6-4-3-5-7-18)21(27)26-12-10-25(11-13-26)19-9-8-17(14-22-19)20-23-16(2)29-24-20/h3-9,14-15H,10-13H2,1-2H3. The van der Waals surface area contributed by atoms with Crippen molar-refractivity contribution in [3.05, 3.63) is 54.6 Å². The topological polar surface area (TPSA) is 84.6 Å². The summed E-state index contributed by atoms with van der Waals surface area (Å²) in [5.41, 5.74) is 0.811. The zero-order valence-electron chi connectivity index (χ0n) is 16.5. The lowest BCUT2D eigenvalue weighted by atomic mass is 10.2. The van der Waals surface area contributed by atoms with Gasteiger partial charge >= 0.3 is 0 Å². The molecule has 0 aliphatic carbocycles. The number of pyridine rings is 1. The molecule has 0 N–H and O–H groups in total. The smallest absolute Gasteiger partial charge is 0.263 e. The summed E-state index contributed by atoms with van der Waals surface area (Å²) in [6.45, 7) is 6.25. The SMILES string of the molecule is Cc1nc(-c2ccc(N3CCN(C(=O)C(C)Oc4ccccc4)CC3)nc2)no1. The van der Waals surface area contributed by atoms with Crippen LogP contribution in [0.2, 0.25) is 0 Å². The van der Waals surface area contributed by atoms with Crippen LogP contribution < -0.4 is 9.64 Å². The molecule has 1 saturated heterocycles. The van der Waals surface area contributed by atoms with Crippen LogP contribution in [-0.2, 0) is 4.79 Å². The first kappa shape index (κ1) is 18.9. The highest BCUT2D eigenvalue weighted by molar-refractivity contribution is 5.81. The summed E-state index contributed by atoms with van der Waals surface area (Å²) < 4.78 is 10.8. The van der Waals surface area contributed by atoms with E-state index in [2.05, 4.69) is 20.0 Å². The molecule has 3 heterocycles. The predicted octanol–water partition coefficient (Wildman–Crippen LogP) is 2.56. The number of piperazine rings is 1. The Hall–Kier alpha value is -3.42. The number of aromatic nitrogens is 3. The first-order chi connectivity index (χ1) is 14.1. The minimum absolute atomic E-state index is 0.00397. The minimum atomic E-state index is -0.514. The van der Waals surface area contributed by atoms with Gasteiger partial charge in [0.2, 0.25) is 11.7 Å². The zero-order valence-corrected chi connectivity index (χ0v) is 16.5. The van der Waals surface area contributed by atoms with Gasteiger partial charge in [-0.2, -0.15) is 4.98 Å². The summed E-state index contributed by atoms with van der Waals surface area (Å²) in [7, 11) is 0. The van der Waals surface area contributed by atoms with Crippen LogP contribution in [0.3, 0.4) is 0 Å². The lowest BCUT2D eigenvalue weighted by molar-refractivity contribution is -0.138. The van der Waals surface area contributed by atoms with Crippen LogP contribution in [0.15, 0.2) is 53.2 Å². The number of amides is 1. The molecule has 3 aromatic rings. The van der Waals surface area contributed by atoms with Gasteiger partial charge in [-0.15, -0.1) is 0 Å². The molecule has 8 nitrogen and oxygen atoms in total. The number of rotatable bonds is 5. The van der Waals surface area contributed by atoms with Crippen molar-refractivity contribution in [2.75, 3.05) is 31.1 Å². The van der Waals surface area contributed by atoms with Crippen LogP contribution in [0, 0.1) is 6.92 Å². The summed E-state index contributed by atoms with van der Waals surface area (Å²) >= 11 is 0. The first-order valence-corrected chi connectivity index (χ1v) is 9.62. The highest BCUT2D eigenvalue weighted by Gasteiger charge is 2.26. The van der Waals surface area contributed by atoms with Gasteiger partial charge < -0.3 is 19.1 Å². The second-order valence-corrected chi connectivity index (χ2v) is 6.93. The van der Waals surface area contributed by atoms with E-state index in [-0.39, 0.29) is 5.91 Å². The monoisotopic (exact) mass is 393 g/mol. The molecule has 150 valence electrons. The molecule has 1 amide bonds. The van der Waals surface area contributed by atoms with Crippen LogP contribution in [0.1, 0.15) is 12.8 Å². The molecule has 1 fully saturated rings. The highest BCUT2D eigenvalue weighted by Crippen LogP contribution is 2.20. The third-order valence-corrected chi connectivity index (χ3v) is 4.85. The number of ether oxygens (including phenoxy) is 1. The van der Waals surface area contributed by atoms with E-state index in [4.69, 9.17) is 9.26 Å². The van der Waals surface area contributed by atoms with E-state index < -0.39 is 6.10 Å². The van der Waals surface area contributed by atoms with Crippen molar-refractivity contribution in [1.29, 1.82) is 0 Å². The number of benzene rings is 1. The van der Waals surface area contributed by atoms with Crippen molar-refractivity contribution < 1.29 is 14.1 Å². The number of carbonyl (C=O) groups is 1. The van der Waals surface area contributed by atoms with E-state index in [1.165, 1.54) is 0 Å². The Bertz CT molecular complexity index is 950. The molecular formula is C21H23N5O3. The number of nitrogens with zero attached hydrogens (tertiary/aromatic N) is 5. The van der Waals surface area contributed by atoms with Crippen molar-refractivity contribution in [2.24, 2.45) is 0 Å². The molecule has 1 aliphatic heterocycles. The van der Waals surface area contributed by atoms with Gasteiger partial charge in [0.15, 0.2) is 6.10 Å². The number of hydrogen-bond donors (Lipinski definition) is 0. The van der Waals surface area contributed by atoms with Crippen LogP contribution in [0.25, 0.3) is 11.4 Å². The van der Waals surface area contributed by atoms with Crippen molar-refractivity contribution in [3.8, 4) is 17.1 Å². The van der Waals surface area contributed by atoms with Crippen LogP contribution in [0.5, 0.6) is 5.75 Å². The van der Waals surface area contributed by atoms with Gasteiger partial charge in [0.25, 0.3) is 5.91 Å². The molecular weight excluding hydrogens is 370 g/mol. The summed E-state index contributed by atoms with van der Waals surface area (Å²) in [6.07, 6.45) is 1.23. The quantitative estimate of drug-likeness (QED) is 0.659. The normalized spacial score (nSPS) is 15.2. The Labute approximate surface area is 169 Å². The molecule has 4 rings (SSSR count). The number of anilines is 1. The molecule has 1 unspecified atom stereocenters. The summed E-state index contributed by atoms with van der Waals surface area (Å²) in [6, 6.07) is 13.3. The molecule has 0 radical (unpaired) electrons. The van der Waals surface area contributed by atoms with Crippen molar-refractivity contribution in [1.82, 2.24) is 20.0 Å². The maximum Gasteiger partial charge on any atom is 0.263 e. The van der Waals surface area contributed by atoms with E-state index in [9.17, 15) is 4.79 Å². The Kier molecular flexibility index (Phi) is 5.41. The van der Waals surface area contributed by atoms with E-state index >= 15 is 0 Å². The largest absolute Gasteiger partial charge is 0.481 e. The number of hydrogen-bond acceptors (Lipinski definition) is 7. The minimum Gasteiger partial charge on any atom is -0.481 e. The maximum absolute atomic E-state index is 12.7. The molecule has 1 aromatic carbocycles. The van der Waals surface area contributed by atoms with Crippen molar-refractivity contribution in [2.45, 2.75) is 20.0 Å². The van der Waals surface area contributed by atoms with E-state index in [0.717, 1.165) is 24.5 Å². The van der Waals surface area contributed by atoms with Crippen LogP contribution in [0.4, 0.5) is 5.82 Å². The highest BCUT2D eigenvalue weighted by atomic mass is 16.5. The molecule has 1 atom stereocenters. The second kappa shape index (κ2) is 8.30. The summed E-state index contributed by atoms with van der Waals surface area (Å²) in [4.78, 5) is 25.4. The third-order valence-electron chi connectivity index (χ3n) is 4.85. The molecule has 29 heavy (non-hydrogen) atoms. The van der Waals surface area contributed by atoms with E-state index in [1.54, 1.807) is 20.0 Å². The van der Waals surface area contributed by atoms with Gasteiger partial charge in [-0.1, -0.05) is 23.4 Å². The average Bonchev–Trinajstić information content (AvgIpc) is 3.20. The molecule has 0 saturated carbocycles. The van der Waals surface area contributed by atoms with E-state index in [0.29, 0.717) is 30.6 Å². The van der Waals surface area contributed by atoms with Gasteiger partial charge in [0.1, 0.15) is 11.6 Å². The third kappa shape index (κ3) is 4.37. The van der Waals surface area contributed by atoms with Crippen LogP contribution in [-0.4, -0.2) is 58.2 Å². The fourth-order valence-corrected chi connectivity index (χ4v) is 3.29. The Morgan fingerprint density at radius 2 is 1.86 bits per heavy atom. The summed E-state index contributed by atoms with van der Waals surface area (Å²) in [5.74, 6) is 2.63. The molecule has 1 aliphatic rings.